The van der Waals surface area contributed by atoms with E-state index in [4.69, 9.17) is 10.8 Å². The van der Waals surface area contributed by atoms with Gasteiger partial charge in [0.2, 0.25) is 0 Å². The van der Waals surface area contributed by atoms with Crippen molar-refractivity contribution in [1.82, 2.24) is 14.9 Å². The second-order valence-corrected chi connectivity index (χ2v) is 8.63. The number of carbonyl (C=O) groups is 1. The second-order valence-electron chi connectivity index (χ2n) is 8.63. The molecule has 7 nitrogen and oxygen atoms in total. The van der Waals surface area contributed by atoms with E-state index in [2.05, 4.69) is 15.3 Å². The smallest absolute Gasteiger partial charge is 0.259 e. The molecule has 0 atom stereocenters. The van der Waals surface area contributed by atoms with Crippen LogP contribution in [0.25, 0.3) is 0 Å². The lowest BCUT2D eigenvalue weighted by atomic mass is 10.1. The van der Waals surface area contributed by atoms with E-state index in [1.165, 1.54) is 18.9 Å². The van der Waals surface area contributed by atoms with Gasteiger partial charge in [-0.15, -0.1) is 0 Å². The van der Waals surface area contributed by atoms with Gasteiger partial charge in [-0.05, 0) is 68.4 Å². The van der Waals surface area contributed by atoms with Crippen molar-refractivity contribution in [3.05, 3.63) is 77.0 Å². The highest BCUT2D eigenvalue weighted by Crippen LogP contribution is 2.38. The Hall–Kier alpha value is -3.68. The fourth-order valence-corrected chi connectivity index (χ4v) is 3.64. The highest BCUT2D eigenvalue weighted by Gasteiger charge is 2.30. The Morgan fingerprint density at radius 1 is 1.21 bits per heavy atom. The van der Waals surface area contributed by atoms with E-state index in [9.17, 15) is 9.18 Å². The van der Waals surface area contributed by atoms with E-state index in [-0.39, 0.29) is 23.3 Å². The molecule has 4 rings (SSSR count). The van der Waals surface area contributed by atoms with Crippen LogP contribution < -0.4 is 5.32 Å². The molecule has 0 unspecified atom stereocenters. The van der Waals surface area contributed by atoms with Crippen molar-refractivity contribution in [2.45, 2.75) is 57.4 Å². The van der Waals surface area contributed by atoms with Crippen molar-refractivity contribution in [3.63, 3.8) is 0 Å². The van der Waals surface area contributed by atoms with Gasteiger partial charge in [-0.3, -0.25) is 20.6 Å². The molecule has 0 spiro atoms. The average Bonchev–Trinajstić information content (AvgIpc) is 3.75. The zero-order valence-electron chi connectivity index (χ0n) is 19.2. The van der Waals surface area contributed by atoms with Crippen LogP contribution >= 0.6 is 0 Å². The Morgan fingerprint density at radius 3 is 2.62 bits per heavy atom. The summed E-state index contributed by atoms with van der Waals surface area (Å²) >= 11 is 0. The summed E-state index contributed by atoms with van der Waals surface area (Å²) < 4.78 is 14.8. The summed E-state index contributed by atoms with van der Waals surface area (Å²) in [6.07, 6.45) is 10.9. The molecule has 2 aliphatic carbocycles. The quantitative estimate of drug-likeness (QED) is 0.198. The number of anilines is 1. The number of hydrogen-bond donors (Lipinski definition) is 3. The molecule has 0 aromatic carbocycles. The molecule has 2 aromatic heterocycles. The normalized spacial score (nSPS) is 16.2. The molecule has 8 heteroatoms. The molecule has 2 aliphatic rings. The molecule has 176 valence electrons. The van der Waals surface area contributed by atoms with Gasteiger partial charge in [-0.25, -0.2) is 9.37 Å². The summed E-state index contributed by atoms with van der Waals surface area (Å²) in [5.74, 6) is -0.305. The zero-order valence-corrected chi connectivity index (χ0v) is 19.2. The Morgan fingerprint density at radius 2 is 2.00 bits per heavy atom. The fourth-order valence-electron chi connectivity index (χ4n) is 3.64. The molecule has 0 radical (unpaired) electrons. The van der Waals surface area contributed by atoms with Crippen molar-refractivity contribution in [2.24, 2.45) is 0 Å². The van der Waals surface area contributed by atoms with Crippen LogP contribution in [0.15, 0.2) is 60.1 Å². The van der Waals surface area contributed by atoms with E-state index < -0.39 is 11.7 Å². The van der Waals surface area contributed by atoms with Gasteiger partial charge in [0.1, 0.15) is 17.3 Å². The molecule has 1 amide bonds. The molecular formula is C26H29FN6O. The molecule has 3 N–H and O–H groups in total. The highest BCUT2D eigenvalue weighted by molar-refractivity contribution is 6.06. The largest absolute Gasteiger partial charge is 0.313 e. The van der Waals surface area contributed by atoms with Crippen LogP contribution in [0.2, 0.25) is 0 Å². The monoisotopic (exact) mass is 460 g/mol. The van der Waals surface area contributed by atoms with Crippen LogP contribution in [0.5, 0.6) is 0 Å². The predicted octanol–water partition coefficient (Wildman–Crippen LogP) is 5.12. The number of nitrogens with zero attached hydrogens (tertiary/aromatic N) is 3. The van der Waals surface area contributed by atoms with Gasteiger partial charge in [0.05, 0.1) is 11.9 Å². The second kappa shape index (κ2) is 10.5. The van der Waals surface area contributed by atoms with Crippen LogP contribution in [-0.2, 0) is 11.2 Å². The number of aromatic nitrogens is 2. The fraction of sp³-hybridized carbons (Fsp3) is 0.346. The third kappa shape index (κ3) is 5.81. The first-order chi connectivity index (χ1) is 16.5. The molecule has 2 saturated carbocycles. The number of carbonyl (C=O) groups excluding carboxylic acids is 1. The third-order valence-corrected chi connectivity index (χ3v) is 5.84. The molecule has 0 bridgehead atoms. The molecule has 0 saturated heterocycles. The highest BCUT2D eigenvalue weighted by atomic mass is 19.1. The summed E-state index contributed by atoms with van der Waals surface area (Å²) in [6, 6.07) is 9.06. The van der Waals surface area contributed by atoms with Gasteiger partial charge in [0, 0.05) is 23.9 Å². The number of pyridine rings is 2. The standard InChI is InChI=1S/C26H29FN6O/c1-2-4-21(27)20(13-7-17-8-14-22(30-15-17)18-9-10-18)26(34)32-24-6-3-5-23(31-24)25(29)33(16-28)19-11-12-19/h3-6,8,13-16,18-19,28-29H,2,7,9-12H2,1H3,(H,31,32,34)/b20-13+,21-4+,28-16?,29-25?. The van der Waals surface area contributed by atoms with E-state index in [0.29, 0.717) is 24.5 Å². The maximum absolute atomic E-state index is 14.8. The first-order valence-electron chi connectivity index (χ1n) is 11.7. The van der Waals surface area contributed by atoms with Crippen molar-refractivity contribution in [3.8, 4) is 0 Å². The number of halogens is 1. The third-order valence-electron chi connectivity index (χ3n) is 5.84. The van der Waals surface area contributed by atoms with Gasteiger partial charge in [0.15, 0.2) is 5.84 Å². The first kappa shape index (κ1) is 23.5. The minimum absolute atomic E-state index is 0.0607. The Bertz CT molecular complexity index is 1130. The Balaban J connectivity index is 1.49. The molecule has 0 aliphatic heterocycles. The molecule has 34 heavy (non-hydrogen) atoms. The van der Waals surface area contributed by atoms with Crippen LogP contribution in [0.4, 0.5) is 10.2 Å². The maximum Gasteiger partial charge on any atom is 0.259 e. The summed E-state index contributed by atoms with van der Waals surface area (Å²) in [5, 5.41) is 18.6. The Kier molecular flexibility index (Phi) is 7.25. The van der Waals surface area contributed by atoms with E-state index >= 15 is 0 Å². The first-order valence-corrected chi connectivity index (χ1v) is 11.7. The van der Waals surface area contributed by atoms with Gasteiger partial charge < -0.3 is 10.2 Å². The predicted molar refractivity (Wildman–Crippen MR) is 131 cm³/mol. The lowest BCUT2D eigenvalue weighted by Gasteiger charge is -2.18. The summed E-state index contributed by atoms with van der Waals surface area (Å²) in [7, 11) is 0. The zero-order chi connectivity index (χ0) is 24.1. The van der Waals surface area contributed by atoms with Crippen molar-refractivity contribution in [1.29, 1.82) is 10.8 Å². The van der Waals surface area contributed by atoms with E-state index in [0.717, 1.165) is 30.4 Å². The van der Waals surface area contributed by atoms with E-state index in [1.54, 1.807) is 42.3 Å². The van der Waals surface area contributed by atoms with Crippen molar-refractivity contribution < 1.29 is 9.18 Å². The number of rotatable bonds is 10. The van der Waals surface area contributed by atoms with E-state index in [1.807, 2.05) is 12.1 Å². The van der Waals surface area contributed by atoms with Crippen LogP contribution in [0.3, 0.4) is 0 Å². The molecule has 2 heterocycles. The number of hydrogen-bond acceptors (Lipinski definition) is 5. The lowest BCUT2D eigenvalue weighted by Crippen LogP contribution is -2.32. The van der Waals surface area contributed by atoms with Gasteiger partial charge in [0.25, 0.3) is 5.91 Å². The topological polar surface area (TPSA) is 106 Å². The summed E-state index contributed by atoms with van der Waals surface area (Å²) in [6.45, 7) is 1.81. The summed E-state index contributed by atoms with van der Waals surface area (Å²) in [5.41, 5.74) is 2.27. The average molecular weight is 461 g/mol. The van der Waals surface area contributed by atoms with Gasteiger partial charge in [-0.1, -0.05) is 25.1 Å². The minimum atomic E-state index is -0.605. The van der Waals surface area contributed by atoms with Crippen LogP contribution in [0.1, 0.15) is 61.9 Å². The van der Waals surface area contributed by atoms with Gasteiger partial charge >= 0.3 is 0 Å². The van der Waals surface area contributed by atoms with Crippen LogP contribution in [-0.4, -0.2) is 39.0 Å². The van der Waals surface area contributed by atoms with Crippen molar-refractivity contribution in [2.75, 3.05) is 5.32 Å². The number of amides is 1. The maximum atomic E-state index is 14.8. The lowest BCUT2D eigenvalue weighted by molar-refractivity contribution is -0.112. The Labute approximate surface area is 198 Å². The number of allylic oxidation sites excluding steroid dienone is 2. The SMILES string of the molecule is CC/C=C(F)\C(=C/Cc1ccc(C2CC2)nc1)C(=O)Nc1cccc(C(=N)N(C=N)C2CC2)n1. The summed E-state index contributed by atoms with van der Waals surface area (Å²) in [4.78, 5) is 23.4. The minimum Gasteiger partial charge on any atom is -0.313 e. The molecule has 2 aromatic rings. The van der Waals surface area contributed by atoms with Gasteiger partial charge in [-0.2, -0.15) is 0 Å². The molecular weight excluding hydrogens is 431 g/mol. The van der Waals surface area contributed by atoms with Crippen molar-refractivity contribution >= 4 is 23.9 Å². The number of amidine groups is 1. The van der Waals surface area contributed by atoms with Crippen LogP contribution in [0, 0.1) is 10.8 Å². The number of nitrogens with one attached hydrogen (secondary N) is 3. The molecule has 2 fully saturated rings.